The molecule has 2 fully saturated rings. The molecule has 674 valence electrons. The first-order chi connectivity index (χ1) is 57.8. The molecule has 1 amide bonds. The lowest BCUT2D eigenvalue weighted by Crippen LogP contribution is -2.36. The highest BCUT2D eigenvalue weighted by atomic mass is 32.1. The van der Waals surface area contributed by atoms with E-state index in [0.29, 0.717) is 74.6 Å². The van der Waals surface area contributed by atoms with Crippen LogP contribution in [0.3, 0.4) is 0 Å². The lowest BCUT2D eigenvalue weighted by atomic mass is 9.65. The SMILES string of the molecule is C/C=C/c1ccc(O)c(OC)c1.CC(C)(C)c1cc(COC(=O)CS)cc(C(C)(C)C)c1O.CC(C)CCCC(C)CCCC(C)CCCC1(C)CCc2cc(O)ccc2O1.CCCC(=O)Nc1ccc(O)cc1.COc1ccccc1O.Cc1cc(O)c(C2CC3CCC2(C)C3(C)C)cc1C.Cc1ccc(C(C)C)c(O)c1.O=c1[nH]cnc2[nH]ncc12. The Morgan fingerprint density at radius 1 is 0.683 bits per heavy atom. The van der Waals surface area contributed by atoms with Crippen LogP contribution in [-0.4, -0.2) is 93.4 Å². The first-order valence-electron chi connectivity index (χ1n) is 43.8. The van der Waals surface area contributed by atoms with Gasteiger partial charge in [-0.25, -0.2) is 4.98 Å². The molecule has 3 heterocycles. The number of rotatable bonds is 23. The molecule has 7 aromatic carbocycles. The van der Waals surface area contributed by atoms with Crippen LogP contribution in [0, 0.1) is 55.3 Å². The van der Waals surface area contributed by atoms with Crippen LogP contribution in [0.4, 0.5) is 5.69 Å². The number of carbonyl (C=O) groups is 2. The molecule has 10 N–H and O–H groups in total. The number of carbonyl (C=O) groups excluding carboxylic acids is 2. The Morgan fingerprint density at radius 3 is 1.82 bits per heavy atom. The number of para-hydroxylation sites is 2. The van der Waals surface area contributed by atoms with Crippen molar-refractivity contribution in [2.45, 2.75) is 283 Å². The van der Waals surface area contributed by atoms with Gasteiger partial charge in [0.15, 0.2) is 28.6 Å². The topological polar surface area (TPSA) is 299 Å². The molecule has 6 unspecified atom stereocenters. The van der Waals surface area contributed by atoms with Gasteiger partial charge in [0.2, 0.25) is 5.91 Å². The molecule has 12 rings (SSSR count). The number of aryl methyl sites for hydroxylation is 4. The summed E-state index contributed by atoms with van der Waals surface area (Å²) in [6.45, 7) is 45.8. The van der Waals surface area contributed by atoms with Gasteiger partial charge in [-0.2, -0.15) is 17.7 Å². The summed E-state index contributed by atoms with van der Waals surface area (Å²) >= 11 is 3.90. The van der Waals surface area contributed by atoms with Crippen LogP contribution in [0.2, 0.25) is 0 Å². The molecule has 2 aromatic heterocycles. The van der Waals surface area contributed by atoms with E-state index in [1.54, 1.807) is 72.8 Å². The molecule has 2 bridgehead atoms. The fourth-order valence-electron chi connectivity index (χ4n) is 16.0. The van der Waals surface area contributed by atoms with Gasteiger partial charge < -0.3 is 65.0 Å². The number of amides is 1. The number of hydrogen-bond donors (Lipinski definition) is 11. The standard InChI is InChI=1S/C26H44O2.C18H26O.C17H26O3S.C10H13NO2.C10H12O2.C10H14O.C7H8O2.C5H4N4O/c1-20(2)9-6-10-21(3)11-7-12-22(4)13-8-17-26(5)18-16-23-19-24(27)14-15-25(23)28-26;1-11-8-14(16(19)9-12(11)2)15-10-13-6-7-18(15,5)17(13,3)4;1-16(2,3)12-7-11(9-20-14(18)10-21)8-13(15(12)19)17(4,5)6;1-2-3-10(13)11-8-4-6-9(12)7-5-8;1-3-4-8-5-6-9(11)10(7-8)12-2;1-7(2)9-5-4-8(3)6-10(9)11;1-9-7-5-3-2-4-6(7)8;10-5-3-1-8-9-4(3)6-2-7-5/h14-15,19-22,27H,6-13,16-18H2,1-5H3;8-9,13,15,19H,6-7,10H2,1-5H3;7-8,19,21H,9-10H2,1-6H3;4-7,12H,2-3H2,1H3,(H,11,13);3-7,11H,1-2H3;4-7,11H,1-3H3;2-5,8H,1H3;1-2H,(H2,6,7,8,9,10)/b;;;;4-3+;;;. The Bertz CT molecular complexity index is 4810. The highest BCUT2D eigenvalue weighted by Crippen LogP contribution is 2.71. The van der Waals surface area contributed by atoms with E-state index in [1.165, 1.54) is 114 Å². The van der Waals surface area contributed by atoms with Crippen molar-refractivity contribution in [1.29, 1.82) is 0 Å². The predicted molar refractivity (Wildman–Crippen MR) is 506 cm³/mol. The Labute approximate surface area is 739 Å². The van der Waals surface area contributed by atoms with Gasteiger partial charge in [0.1, 0.15) is 52.1 Å². The minimum atomic E-state index is -0.346. The first kappa shape index (κ1) is 103. The summed E-state index contributed by atoms with van der Waals surface area (Å²) in [6, 6.07) is 37.8. The quantitative estimate of drug-likeness (QED) is 0.0161. The van der Waals surface area contributed by atoms with Gasteiger partial charge in [-0.1, -0.05) is 204 Å². The number of aromatic amines is 2. The summed E-state index contributed by atoms with van der Waals surface area (Å²) in [5.74, 6) is 8.17. The molecule has 20 heteroatoms. The maximum atomic E-state index is 11.3. The van der Waals surface area contributed by atoms with Crippen LogP contribution < -0.4 is 25.1 Å². The first-order valence-corrected chi connectivity index (χ1v) is 44.5. The number of anilines is 1. The molecule has 3 aliphatic rings. The number of H-pyrrole nitrogens is 2. The number of benzene rings is 7. The fourth-order valence-corrected chi connectivity index (χ4v) is 16.1. The van der Waals surface area contributed by atoms with Crippen LogP contribution >= 0.6 is 12.6 Å². The summed E-state index contributed by atoms with van der Waals surface area (Å²) in [7, 11) is 3.06. The minimum Gasteiger partial charge on any atom is -0.508 e. The molecule has 0 spiro atoms. The van der Waals surface area contributed by atoms with Crippen molar-refractivity contribution in [3.8, 4) is 57.5 Å². The molecule has 2 aliphatic carbocycles. The predicted octanol–water partition coefficient (Wildman–Crippen LogP) is 25.2. The summed E-state index contributed by atoms with van der Waals surface area (Å²) in [6.07, 6.45) is 26.0. The van der Waals surface area contributed by atoms with E-state index in [2.05, 4.69) is 169 Å². The van der Waals surface area contributed by atoms with Gasteiger partial charge in [0, 0.05) is 12.1 Å². The van der Waals surface area contributed by atoms with Crippen molar-refractivity contribution in [2.75, 3.05) is 25.3 Å². The molecule has 9 aromatic rings. The molecule has 0 radical (unpaired) electrons. The zero-order chi connectivity index (χ0) is 91.7. The number of fused-ring (bicyclic) bond motifs is 4. The van der Waals surface area contributed by atoms with E-state index in [4.69, 9.17) is 29.2 Å². The fraction of sp³-hybridized carbons (Fsp3) is 0.505. The van der Waals surface area contributed by atoms with E-state index in [0.717, 1.165) is 99.7 Å². The number of aromatic nitrogens is 4. The maximum absolute atomic E-state index is 11.3. The number of nitrogens with one attached hydrogen (secondary N) is 3. The monoisotopic (exact) mass is 1710 g/mol. The Hall–Kier alpha value is -10.1. The number of thiol groups is 1. The molecule has 0 saturated heterocycles. The number of allylic oxidation sites excluding steroid dienone is 1. The lowest BCUT2D eigenvalue weighted by Gasteiger charge is -2.40. The van der Waals surface area contributed by atoms with Gasteiger partial charge in [-0.05, 0) is 290 Å². The van der Waals surface area contributed by atoms with Gasteiger partial charge >= 0.3 is 5.97 Å². The number of phenols is 7. The lowest BCUT2D eigenvalue weighted by molar-refractivity contribution is -0.141. The third kappa shape index (κ3) is 32.5. The van der Waals surface area contributed by atoms with Crippen LogP contribution in [0.25, 0.3) is 17.1 Å². The zero-order valence-electron chi connectivity index (χ0n) is 78.0. The number of ether oxygens (including phenoxy) is 4. The average molecular weight is 1710 g/mol. The van der Waals surface area contributed by atoms with Crippen LogP contribution in [0.5, 0.6) is 57.5 Å². The van der Waals surface area contributed by atoms with E-state index in [-0.39, 0.29) is 63.5 Å². The molecule has 2 saturated carbocycles. The Balaban J connectivity index is 0.000000257. The normalized spacial score (nSPS) is 17.0. The molecule has 1 aliphatic heterocycles. The highest BCUT2D eigenvalue weighted by Gasteiger charge is 2.61. The van der Waals surface area contributed by atoms with E-state index >= 15 is 0 Å². The van der Waals surface area contributed by atoms with Crippen molar-refractivity contribution in [3.63, 3.8) is 0 Å². The van der Waals surface area contributed by atoms with E-state index in [9.17, 15) is 39.9 Å². The third-order valence-electron chi connectivity index (χ3n) is 24.1. The second-order valence-corrected chi connectivity index (χ2v) is 37.6. The van der Waals surface area contributed by atoms with Crippen LogP contribution in [-0.2, 0) is 38.2 Å². The van der Waals surface area contributed by atoms with Crippen LogP contribution in [0.15, 0.2) is 151 Å². The molecule has 6 atom stereocenters. The van der Waals surface area contributed by atoms with Crippen molar-refractivity contribution >= 4 is 47.3 Å². The average Bonchev–Trinajstić information content (AvgIpc) is 1.55. The summed E-state index contributed by atoms with van der Waals surface area (Å²) in [5, 5.41) is 76.7. The second-order valence-electron chi connectivity index (χ2n) is 37.2. The number of aromatic hydroxyl groups is 7. The molecular weight excluding hydrogens is 1560 g/mol. The zero-order valence-corrected chi connectivity index (χ0v) is 78.9. The number of nitrogens with zero attached hydrogens (tertiary/aromatic N) is 2. The summed E-state index contributed by atoms with van der Waals surface area (Å²) in [4.78, 5) is 39.5. The van der Waals surface area contributed by atoms with Gasteiger partial charge in [-0.15, -0.1) is 0 Å². The number of methoxy groups -OCH3 is 2. The highest BCUT2D eigenvalue weighted by molar-refractivity contribution is 7.81. The number of hydrogen-bond acceptors (Lipinski definition) is 17. The summed E-state index contributed by atoms with van der Waals surface area (Å²) in [5.41, 5.74) is 12.0. The molecule has 19 nitrogen and oxygen atoms in total. The summed E-state index contributed by atoms with van der Waals surface area (Å²) < 4.78 is 21.2. The van der Waals surface area contributed by atoms with Gasteiger partial charge in [0.05, 0.1) is 32.5 Å². The second kappa shape index (κ2) is 48.8. The van der Waals surface area contributed by atoms with Crippen LogP contribution in [0.1, 0.15) is 288 Å². The number of esters is 1. The third-order valence-corrected chi connectivity index (χ3v) is 24.3. The van der Waals surface area contributed by atoms with E-state index in [1.807, 2.05) is 81.5 Å². The molecular formula is C103H147N5O14S. The van der Waals surface area contributed by atoms with Gasteiger partial charge in [0.25, 0.3) is 5.56 Å². The Kier molecular flexibility index (Phi) is 41.1. The Morgan fingerprint density at radius 2 is 1.28 bits per heavy atom. The number of phenolic OH excluding ortho intramolecular Hbond substituents is 7. The van der Waals surface area contributed by atoms with Crippen molar-refractivity contribution in [2.24, 2.45) is 34.5 Å². The van der Waals surface area contributed by atoms with Crippen molar-refractivity contribution < 1.29 is 64.3 Å². The van der Waals surface area contributed by atoms with Crippen molar-refractivity contribution in [1.82, 2.24) is 20.2 Å². The van der Waals surface area contributed by atoms with Gasteiger partial charge in [-0.3, -0.25) is 19.5 Å². The largest absolute Gasteiger partial charge is 0.508 e. The van der Waals surface area contributed by atoms with E-state index < -0.39 is 0 Å². The van der Waals surface area contributed by atoms with Crippen molar-refractivity contribution in [3.05, 3.63) is 212 Å². The molecule has 123 heavy (non-hydrogen) atoms. The smallest absolute Gasteiger partial charge is 0.315 e. The maximum Gasteiger partial charge on any atom is 0.315 e. The minimum absolute atomic E-state index is 0.00758.